The first-order chi connectivity index (χ1) is 9.72. The number of anilines is 1. The lowest BCUT2D eigenvalue weighted by Gasteiger charge is -2.24. The number of hydrogen-bond acceptors (Lipinski definition) is 4. The van der Waals surface area contributed by atoms with E-state index in [9.17, 15) is 5.26 Å². The van der Waals surface area contributed by atoms with Crippen LogP contribution in [0.2, 0.25) is 0 Å². The van der Waals surface area contributed by atoms with E-state index in [1.165, 1.54) is 0 Å². The van der Waals surface area contributed by atoms with Crippen LogP contribution < -0.4 is 5.73 Å². The number of nitriles is 1. The number of hydrogen-bond donors (Lipinski definition) is 1. The van der Waals surface area contributed by atoms with Gasteiger partial charge in [0.15, 0.2) is 0 Å². The zero-order valence-electron chi connectivity index (χ0n) is 11.5. The standard InChI is InChI=1S/C15H19N3OS/c16-8-13-11-5-1-2-6-12(11)15(20)18(14(13)17)9-10-4-3-7-19-10/h10H,1-7,9,17H2/t10-/m1/s1. The summed E-state index contributed by atoms with van der Waals surface area (Å²) in [6.07, 6.45) is 6.46. The maximum absolute atomic E-state index is 9.44. The molecule has 2 aliphatic rings. The summed E-state index contributed by atoms with van der Waals surface area (Å²) in [7, 11) is 0. The maximum atomic E-state index is 9.44. The van der Waals surface area contributed by atoms with Gasteiger partial charge in [0.1, 0.15) is 16.5 Å². The van der Waals surface area contributed by atoms with Crippen molar-refractivity contribution in [1.29, 1.82) is 5.26 Å². The molecule has 1 aliphatic carbocycles. The molecule has 1 aromatic rings. The fraction of sp³-hybridized carbons (Fsp3) is 0.600. The maximum Gasteiger partial charge on any atom is 0.122 e. The van der Waals surface area contributed by atoms with Gasteiger partial charge in [0.05, 0.1) is 18.2 Å². The molecule has 2 N–H and O–H groups in total. The van der Waals surface area contributed by atoms with Crippen molar-refractivity contribution in [2.45, 2.75) is 51.2 Å². The quantitative estimate of drug-likeness (QED) is 0.850. The minimum Gasteiger partial charge on any atom is -0.384 e. The van der Waals surface area contributed by atoms with E-state index in [1.54, 1.807) is 0 Å². The molecule has 1 saturated heterocycles. The Morgan fingerprint density at radius 1 is 1.30 bits per heavy atom. The van der Waals surface area contributed by atoms with Crippen LogP contribution in [0.1, 0.15) is 42.4 Å². The fourth-order valence-corrected chi connectivity index (χ4v) is 3.68. The van der Waals surface area contributed by atoms with E-state index in [-0.39, 0.29) is 6.10 Å². The van der Waals surface area contributed by atoms with E-state index in [4.69, 9.17) is 22.7 Å². The molecule has 0 radical (unpaired) electrons. The SMILES string of the molecule is N#Cc1c2c(c(=S)n(C[C@H]3CCCO3)c1N)CCCC2. The summed E-state index contributed by atoms with van der Waals surface area (Å²) in [5.41, 5.74) is 9.10. The molecule has 1 aromatic heterocycles. The van der Waals surface area contributed by atoms with E-state index < -0.39 is 0 Å². The zero-order chi connectivity index (χ0) is 14.1. The van der Waals surface area contributed by atoms with Crippen LogP contribution in [0.5, 0.6) is 0 Å². The number of nitrogens with two attached hydrogens (primary N) is 1. The van der Waals surface area contributed by atoms with Gasteiger partial charge in [0.2, 0.25) is 0 Å². The highest BCUT2D eigenvalue weighted by Gasteiger charge is 2.23. The first-order valence-corrected chi connectivity index (χ1v) is 7.69. The van der Waals surface area contributed by atoms with E-state index >= 15 is 0 Å². The third kappa shape index (κ3) is 2.23. The number of pyridine rings is 1. The van der Waals surface area contributed by atoms with Crippen molar-refractivity contribution in [2.75, 3.05) is 12.3 Å². The highest BCUT2D eigenvalue weighted by molar-refractivity contribution is 7.71. The summed E-state index contributed by atoms with van der Waals surface area (Å²) >= 11 is 5.63. The molecule has 0 amide bonds. The number of nitrogen functional groups attached to an aromatic ring is 1. The molecule has 0 spiro atoms. The Morgan fingerprint density at radius 2 is 2.05 bits per heavy atom. The summed E-state index contributed by atoms with van der Waals surface area (Å²) in [4.78, 5) is 0. The normalized spacial score (nSPS) is 21.4. The molecule has 0 saturated carbocycles. The Balaban J connectivity index is 2.09. The van der Waals surface area contributed by atoms with Gasteiger partial charge < -0.3 is 15.0 Å². The number of nitrogens with zero attached hydrogens (tertiary/aromatic N) is 2. The van der Waals surface area contributed by atoms with Gasteiger partial charge >= 0.3 is 0 Å². The van der Waals surface area contributed by atoms with Crippen LogP contribution in [0.4, 0.5) is 5.82 Å². The summed E-state index contributed by atoms with van der Waals surface area (Å²) in [6.45, 7) is 1.49. The van der Waals surface area contributed by atoms with Crippen molar-refractivity contribution < 1.29 is 4.74 Å². The lowest BCUT2D eigenvalue weighted by atomic mass is 9.89. The van der Waals surface area contributed by atoms with Crippen LogP contribution in [-0.4, -0.2) is 17.3 Å². The number of aromatic nitrogens is 1. The fourth-order valence-electron chi connectivity index (χ4n) is 3.28. The van der Waals surface area contributed by atoms with Crippen molar-refractivity contribution in [2.24, 2.45) is 0 Å². The van der Waals surface area contributed by atoms with Crippen molar-refractivity contribution >= 4 is 18.0 Å². The molecular formula is C15H19N3OS. The lowest BCUT2D eigenvalue weighted by Crippen LogP contribution is -2.22. The van der Waals surface area contributed by atoms with Crippen LogP contribution >= 0.6 is 12.2 Å². The molecular weight excluding hydrogens is 270 g/mol. The molecule has 3 rings (SSSR count). The monoisotopic (exact) mass is 289 g/mol. The second kappa shape index (κ2) is 5.55. The van der Waals surface area contributed by atoms with Crippen molar-refractivity contribution in [3.8, 4) is 6.07 Å². The largest absolute Gasteiger partial charge is 0.384 e. The molecule has 5 heteroatoms. The first-order valence-electron chi connectivity index (χ1n) is 7.28. The smallest absolute Gasteiger partial charge is 0.122 e. The second-order valence-corrected chi connectivity index (χ2v) is 5.97. The predicted octanol–water partition coefficient (Wildman–Crippen LogP) is 2.73. The van der Waals surface area contributed by atoms with Crippen molar-refractivity contribution in [3.05, 3.63) is 21.3 Å². The lowest BCUT2D eigenvalue weighted by molar-refractivity contribution is 0.0970. The molecule has 0 bridgehead atoms. The van der Waals surface area contributed by atoms with Crippen molar-refractivity contribution in [3.63, 3.8) is 0 Å². The molecule has 1 aliphatic heterocycles. The average molecular weight is 289 g/mol. The van der Waals surface area contributed by atoms with Crippen molar-refractivity contribution in [1.82, 2.24) is 4.57 Å². The van der Waals surface area contributed by atoms with Crippen LogP contribution in [0.3, 0.4) is 0 Å². The van der Waals surface area contributed by atoms with Crippen LogP contribution in [-0.2, 0) is 24.1 Å². The Kier molecular flexibility index (Phi) is 3.77. The summed E-state index contributed by atoms with van der Waals surface area (Å²) in [5.74, 6) is 0.522. The van der Waals surface area contributed by atoms with Gasteiger partial charge in [-0.2, -0.15) is 5.26 Å². The highest BCUT2D eigenvalue weighted by atomic mass is 32.1. The molecule has 0 unspecified atom stereocenters. The minimum atomic E-state index is 0.178. The van der Waals surface area contributed by atoms with Gasteiger partial charge in [-0.1, -0.05) is 12.2 Å². The zero-order valence-corrected chi connectivity index (χ0v) is 12.3. The van der Waals surface area contributed by atoms with Crippen LogP contribution in [0, 0.1) is 16.0 Å². The van der Waals surface area contributed by atoms with Gasteiger partial charge in [-0.25, -0.2) is 0 Å². The molecule has 106 valence electrons. The second-order valence-electron chi connectivity index (χ2n) is 5.59. The van der Waals surface area contributed by atoms with Gasteiger partial charge in [-0.15, -0.1) is 0 Å². The number of fused-ring (bicyclic) bond motifs is 1. The molecule has 1 fully saturated rings. The van der Waals surface area contributed by atoms with E-state index in [0.29, 0.717) is 17.9 Å². The molecule has 1 atom stereocenters. The summed E-state index contributed by atoms with van der Waals surface area (Å²) < 4.78 is 8.42. The predicted molar refractivity (Wildman–Crippen MR) is 80.0 cm³/mol. The first kappa shape index (κ1) is 13.6. The topological polar surface area (TPSA) is 64.0 Å². The van der Waals surface area contributed by atoms with E-state index in [0.717, 1.165) is 60.9 Å². The Bertz CT molecular complexity index is 623. The summed E-state index contributed by atoms with van der Waals surface area (Å²) in [6, 6.07) is 2.28. The van der Waals surface area contributed by atoms with Gasteiger partial charge in [-0.05, 0) is 49.7 Å². The highest BCUT2D eigenvalue weighted by Crippen LogP contribution is 2.30. The number of rotatable bonds is 2. The molecule has 0 aromatic carbocycles. The van der Waals surface area contributed by atoms with E-state index in [1.807, 2.05) is 4.57 Å². The van der Waals surface area contributed by atoms with Gasteiger partial charge in [0, 0.05) is 6.61 Å². The molecule has 4 nitrogen and oxygen atoms in total. The summed E-state index contributed by atoms with van der Waals surface area (Å²) in [5, 5.41) is 9.44. The molecule has 20 heavy (non-hydrogen) atoms. The Morgan fingerprint density at radius 3 is 2.70 bits per heavy atom. The Labute approximate surface area is 124 Å². The molecule has 2 heterocycles. The van der Waals surface area contributed by atoms with Gasteiger partial charge in [0.25, 0.3) is 0 Å². The van der Waals surface area contributed by atoms with Crippen LogP contribution in [0.15, 0.2) is 0 Å². The van der Waals surface area contributed by atoms with Gasteiger partial charge in [-0.3, -0.25) is 0 Å². The third-order valence-electron chi connectivity index (χ3n) is 4.34. The Hall–Kier alpha value is -1.38. The average Bonchev–Trinajstić information content (AvgIpc) is 2.97. The number of ether oxygens (including phenoxy) is 1. The minimum absolute atomic E-state index is 0.178. The third-order valence-corrected chi connectivity index (χ3v) is 4.81. The van der Waals surface area contributed by atoms with Crippen LogP contribution in [0.25, 0.3) is 0 Å². The van der Waals surface area contributed by atoms with E-state index in [2.05, 4.69) is 6.07 Å².